The minimum absolute atomic E-state index is 0.196. The maximum Gasteiger partial charge on any atom is 0.252 e. The van der Waals surface area contributed by atoms with Crippen molar-refractivity contribution in [1.29, 1.82) is 0 Å². The van der Waals surface area contributed by atoms with E-state index in [0.717, 1.165) is 0 Å². The Balaban J connectivity index is 3.05. The predicted molar refractivity (Wildman–Crippen MR) is 53.8 cm³/mol. The fourth-order valence-electron chi connectivity index (χ4n) is 1.06. The first-order valence-electron chi connectivity index (χ1n) is 3.89. The van der Waals surface area contributed by atoms with Gasteiger partial charge in [0.2, 0.25) is 0 Å². The second kappa shape index (κ2) is 4.25. The Bertz CT molecular complexity index is 359. The summed E-state index contributed by atoms with van der Waals surface area (Å²) in [4.78, 5) is 13.8. The predicted octanol–water partition coefficient (Wildman–Crippen LogP) is 1.60. The molecule has 0 aliphatic carbocycles. The van der Waals surface area contributed by atoms with Crippen LogP contribution >= 0.6 is 11.6 Å². The molecule has 3 nitrogen and oxygen atoms in total. The second-order valence-corrected chi connectivity index (χ2v) is 3.17. The highest BCUT2D eigenvalue weighted by atomic mass is 35.5. The molecule has 0 saturated carbocycles. The van der Waals surface area contributed by atoms with Crippen molar-refractivity contribution in [1.82, 2.24) is 4.98 Å². The van der Waals surface area contributed by atoms with E-state index in [9.17, 15) is 4.79 Å². The smallest absolute Gasteiger partial charge is 0.252 e. The summed E-state index contributed by atoms with van der Waals surface area (Å²) in [6.07, 6.45) is 3.67. The van der Waals surface area contributed by atoms with Crippen molar-refractivity contribution in [2.75, 3.05) is 0 Å². The van der Waals surface area contributed by atoms with Crippen LogP contribution in [0.5, 0.6) is 0 Å². The van der Waals surface area contributed by atoms with Gasteiger partial charge in [0.1, 0.15) is 0 Å². The van der Waals surface area contributed by atoms with E-state index in [4.69, 9.17) is 17.3 Å². The zero-order chi connectivity index (χ0) is 9.84. The van der Waals surface area contributed by atoms with E-state index < -0.39 is 0 Å². The minimum atomic E-state index is -0.333. The molecule has 0 aromatic carbocycles. The van der Waals surface area contributed by atoms with Gasteiger partial charge >= 0.3 is 0 Å². The van der Waals surface area contributed by atoms with Crippen LogP contribution in [0.1, 0.15) is 18.0 Å². The van der Waals surface area contributed by atoms with E-state index in [2.05, 4.69) is 11.6 Å². The Morgan fingerprint density at radius 3 is 3.08 bits per heavy atom. The Kier molecular flexibility index (Phi) is 3.28. The fourth-order valence-corrected chi connectivity index (χ4v) is 1.23. The van der Waals surface area contributed by atoms with Gasteiger partial charge < -0.3 is 10.7 Å². The maximum absolute atomic E-state index is 11.3. The van der Waals surface area contributed by atoms with Crippen molar-refractivity contribution in [3.8, 4) is 0 Å². The first-order valence-corrected chi connectivity index (χ1v) is 4.27. The summed E-state index contributed by atoms with van der Waals surface area (Å²) >= 11 is 5.71. The van der Waals surface area contributed by atoms with E-state index in [1.807, 2.05) is 0 Å². The summed E-state index contributed by atoms with van der Waals surface area (Å²) in [7, 11) is 0. The van der Waals surface area contributed by atoms with Gasteiger partial charge in [0.05, 0.1) is 5.02 Å². The maximum atomic E-state index is 11.3. The summed E-state index contributed by atoms with van der Waals surface area (Å²) < 4.78 is 0. The van der Waals surface area contributed by atoms with Crippen molar-refractivity contribution in [2.45, 2.75) is 12.5 Å². The monoisotopic (exact) mass is 198 g/mol. The molecule has 1 atom stereocenters. The molecule has 0 radical (unpaired) electrons. The molecule has 1 aromatic rings. The highest BCUT2D eigenvalue weighted by Crippen LogP contribution is 2.13. The number of aromatic amines is 1. The topological polar surface area (TPSA) is 58.9 Å². The quantitative estimate of drug-likeness (QED) is 0.725. The number of nitrogens with two attached hydrogens (primary N) is 1. The van der Waals surface area contributed by atoms with Gasteiger partial charge in [-0.25, -0.2) is 0 Å². The zero-order valence-corrected chi connectivity index (χ0v) is 7.84. The largest absolute Gasteiger partial charge is 0.327 e. The van der Waals surface area contributed by atoms with Gasteiger partial charge in [0.15, 0.2) is 0 Å². The molecule has 1 aromatic heterocycles. The molecule has 0 aliphatic heterocycles. The molecule has 0 aliphatic rings. The van der Waals surface area contributed by atoms with Crippen molar-refractivity contribution in [3.63, 3.8) is 0 Å². The lowest BCUT2D eigenvalue weighted by Gasteiger charge is -2.07. The van der Waals surface area contributed by atoms with Crippen molar-refractivity contribution >= 4 is 11.6 Å². The molecule has 3 N–H and O–H groups in total. The Morgan fingerprint density at radius 1 is 1.77 bits per heavy atom. The number of H-pyrrole nitrogens is 1. The average molecular weight is 199 g/mol. The van der Waals surface area contributed by atoms with Gasteiger partial charge in [0, 0.05) is 17.8 Å². The summed E-state index contributed by atoms with van der Waals surface area (Å²) in [5.41, 5.74) is 6.02. The van der Waals surface area contributed by atoms with Crippen LogP contribution in [0, 0.1) is 0 Å². The Hall–Kier alpha value is -1.06. The van der Waals surface area contributed by atoms with Gasteiger partial charge in [-0.15, -0.1) is 6.58 Å². The third-order valence-electron chi connectivity index (χ3n) is 1.72. The van der Waals surface area contributed by atoms with Crippen molar-refractivity contribution in [3.05, 3.63) is 45.9 Å². The molecule has 0 fully saturated rings. The first kappa shape index (κ1) is 10.0. The van der Waals surface area contributed by atoms with Gasteiger partial charge in [-0.2, -0.15) is 0 Å². The molecule has 0 saturated heterocycles. The molecule has 4 heteroatoms. The molecule has 1 unspecified atom stereocenters. The van der Waals surface area contributed by atoms with Gasteiger partial charge in [0.25, 0.3) is 5.56 Å². The summed E-state index contributed by atoms with van der Waals surface area (Å²) in [6.45, 7) is 3.55. The third kappa shape index (κ3) is 2.44. The van der Waals surface area contributed by atoms with Crippen LogP contribution in [0.15, 0.2) is 29.7 Å². The second-order valence-electron chi connectivity index (χ2n) is 2.73. The van der Waals surface area contributed by atoms with E-state index >= 15 is 0 Å². The molecule has 13 heavy (non-hydrogen) atoms. The molecule has 0 spiro atoms. The minimum Gasteiger partial charge on any atom is -0.327 e. The van der Waals surface area contributed by atoms with Crippen LogP contribution in [0.2, 0.25) is 5.02 Å². The van der Waals surface area contributed by atoms with Gasteiger partial charge in [-0.3, -0.25) is 4.79 Å². The standard InChI is InChI=1S/C9H11ClN2O/c1-2-3-8(11)7-4-6(10)5-12-9(7)13/h2,4-5,8H,1,3,11H2,(H,12,13). The first-order chi connectivity index (χ1) is 6.15. The molecule has 0 bridgehead atoms. The summed E-state index contributed by atoms with van der Waals surface area (Å²) in [5, 5.41) is 0.481. The van der Waals surface area contributed by atoms with Gasteiger partial charge in [-0.05, 0) is 12.5 Å². The van der Waals surface area contributed by atoms with Crippen LogP contribution in [0.25, 0.3) is 0 Å². The lowest BCUT2D eigenvalue weighted by atomic mass is 10.1. The summed E-state index contributed by atoms with van der Waals surface area (Å²) in [6, 6.07) is 1.24. The van der Waals surface area contributed by atoms with Crippen molar-refractivity contribution in [2.24, 2.45) is 5.73 Å². The molecule has 0 amide bonds. The summed E-state index contributed by atoms with van der Waals surface area (Å²) in [5.74, 6) is 0. The third-order valence-corrected chi connectivity index (χ3v) is 1.94. The van der Waals surface area contributed by atoms with Crippen LogP contribution in [0.3, 0.4) is 0 Å². The molecule has 1 rings (SSSR count). The van der Waals surface area contributed by atoms with Crippen LogP contribution < -0.4 is 11.3 Å². The highest BCUT2D eigenvalue weighted by Gasteiger charge is 2.08. The van der Waals surface area contributed by atoms with E-state index in [0.29, 0.717) is 17.0 Å². The number of pyridine rings is 1. The molecule has 70 valence electrons. The van der Waals surface area contributed by atoms with Crippen LogP contribution in [-0.2, 0) is 0 Å². The lowest BCUT2D eigenvalue weighted by molar-refractivity contribution is 0.729. The number of aromatic nitrogens is 1. The normalized spacial score (nSPS) is 12.5. The number of rotatable bonds is 3. The van der Waals surface area contributed by atoms with Crippen LogP contribution in [0.4, 0.5) is 0 Å². The SMILES string of the molecule is C=CCC(N)c1cc(Cl)c[nH]c1=O. The molecular weight excluding hydrogens is 188 g/mol. The zero-order valence-electron chi connectivity index (χ0n) is 7.09. The fraction of sp³-hybridized carbons (Fsp3) is 0.222. The van der Waals surface area contributed by atoms with Crippen LogP contribution in [-0.4, -0.2) is 4.98 Å². The Labute approximate surface area is 81.2 Å². The number of hydrogen-bond acceptors (Lipinski definition) is 2. The van der Waals surface area contributed by atoms with E-state index in [1.165, 1.54) is 6.20 Å². The Morgan fingerprint density at radius 2 is 2.46 bits per heavy atom. The number of hydrogen-bond donors (Lipinski definition) is 2. The van der Waals surface area contributed by atoms with E-state index in [1.54, 1.807) is 12.1 Å². The lowest BCUT2D eigenvalue weighted by Crippen LogP contribution is -2.20. The highest BCUT2D eigenvalue weighted by molar-refractivity contribution is 6.30. The number of nitrogens with one attached hydrogen (secondary N) is 1. The van der Waals surface area contributed by atoms with Gasteiger partial charge in [-0.1, -0.05) is 17.7 Å². The average Bonchev–Trinajstić information content (AvgIpc) is 2.09. The molecule has 1 heterocycles. The van der Waals surface area contributed by atoms with E-state index in [-0.39, 0.29) is 11.6 Å². The van der Waals surface area contributed by atoms with Crippen molar-refractivity contribution < 1.29 is 0 Å². The molecular formula is C9H11ClN2O. The number of halogens is 1.